The molecule has 0 spiro atoms. The summed E-state index contributed by atoms with van der Waals surface area (Å²) in [5.41, 5.74) is 8.07. The highest BCUT2D eigenvalue weighted by Gasteiger charge is 2.33. The van der Waals surface area contributed by atoms with Crippen molar-refractivity contribution in [1.29, 1.82) is 0 Å². The van der Waals surface area contributed by atoms with E-state index in [1.165, 1.54) is 24.3 Å². The maximum absolute atomic E-state index is 14.2. The van der Waals surface area contributed by atoms with E-state index >= 15 is 0 Å². The molecular weight excluding hydrogens is 757 g/mol. The summed E-state index contributed by atoms with van der Waals surface area (Å²) in [4.78, 5) is 10.0. The van der Waals surface area contributed by atoms with Crippen LogP contribution in [-0.4, -0.2) is 14.5 Å². The molecular formula is C50H33F6N3. The maximum Gasteiger partial charge on any atom is 0.416 e. The Labute approximate surface area is 335 Å². The molecule has 0 aliphatic carbocycles. The number of hydrogen-bond donors (Lipinski definition) is 0. The molecule has 0 N–H and O–H groups in total. The molecule has 2 aromatic heterocycles. The normalized spacial score (nSPS) is 12.1. The summed E-state index contributed by atoms with van der Waals surface area (Å²) in [5, 5.41) is 1.01. The van der Waals surface area contributed by atoms with E-state index in [1.807, 2.05) is 140 Å². The molecule has 2 heterocycles. The Hall–Kier alpha value is -7.00. The van der Waals surface area contributed by atoms with Crippen molar-refractivity contribution in [3.8, 4) is 61.8 Å². The number of halogens is 6. The van der Waals surface area contributed by atoms with Crippen LogP contribution in [0.25, 0.3) is 83.6 Å². The van der Waals surface area contributed by atoms with Gasteiger partial charge in [-0.2, -0.15) is 26.3 Å². The van der Waals surface area contributed by atoms with Gasteiger partial charge in [-0.05, 0) is 85.6 Å². The van der Waals surface area contributed by atoms with Gasteiger partial charge >= 0.3 is 12.4 Å². The molecule has 3 nitrogen and oxygen atoms in total. The first-order valence-corrected chi connectivity index (χ1v) is 18.9. The molecule has 0 unspecified atom stereocenters. The first-order chi connectivity index (χ1) is 28.3. The van der Waals surface area contributed by atoms with E-state index in [4.69, 9.17) is 9.97 Å². The molecule has 0 atom stereocenters. The summed E-state index contributed by atoms with van der Waals surface area (Å²) in [5.74, 6) is 0.484. The Kier molecular flexibility index (Phi) is 9.19. The van der Waals surface area contributed by atoms with Gasteiger partial charge in [-0.25, -0.2) is 9.97 Å². The van der Waals surface area contributed by atoms with E-state index < -0.39 is 23.5 Å². The van der Waals surface area contributed by atoms with Crippen LogP contribution in [0.4, 0.5) is 26.3 Å². The Balaban J connectivity index is 1.42. The zero-order chi connectivity index (χ0) is 41.1. The van der Waals surface area contributed by atoms with Gasteiger partial charge < -0.3 is 4.57 Å². The van der Waals surface area contributed by atoms with E-state index in [2.05, 4.69) is 0 Å². The van der Waals surface area contributed by atoms with Crippen LogP contribution < -0.4 is 0 Å². The lowest BCUT2D eigenvalue weighted by atomic mass is 9.91. The first-order valence-electron chi connectivity index (χ1n) is 18.9. The number of benzene rings is 7. The minimum Gasteiger partial charge on any atom is -0.308 e. The van der Waals surface area contributed by atoms with Crippen molar-refractivity contribution in [2.24, 2.45) is 0 Å². The zero-order valence-corrected chi connectivity index (χ0v) is 31.7. The van der Waals surface area contributed by atoms with E-state index in [0.717, 1.165) is 46.0 Å². The molecule has 9 rings (SSSR count). The van der Waals surface area contributed by atoms with Crippen LogP contribution in [0.3, 0.4) is 0 Å². The number of rotatable bonds is 6. The first kappa shape index (κ1) is 37.6. The van der Waals surface area contributed by atoms with Gasteiger partial charge in [0.15, 0.2) is 5.82 Å². The van der Waals surface area contributed by atoms with Crippen molar-refractivity contribution < 1.29 is 26.3 Å². The molecule has 0 saturated heterocycles. The van der Waals surface area contributed by atoms with Crippen molar-refractivity contribution >= 4 is 21.8 Å². The van der Waals surface area contributed by atoms with Crippen molar-refractivity contribution in [1.82, 2.24) is 14.5 Å². The van der Waals surface area contributed by atoms with E-state index in [0.29, 0.717) is 67.0 Å². The average molecular weight is 790 g/mol. The summed E-state index contributed by atoms with van der Waals surface area (Å²) >= 11 is 0. The lowest BCUT2D eigenvalue weighted by Crippen LogP contribution is -2.06. The summed E-state index contributed by atoms with van der Waals surface area (Å²) in [6.45, 7) is 3.85. The van der Waals surface area contributed by atoms with Crippen LogP contribution in [0.1, 0.15) is 22.3 Å². The Morgan fingerprint density at radius 3 is 1.46 bits per heavy atom. The van der Waals surface area contributed by atoms with Crippen LogP contribution in [0.2, 0.25) is 0 Å². The molecule has 0 amide bonds. The highest BCUT2D eigenvalue weighted by molar-refractivity contribution is 6.11. The van der Waals surface area contributed by atoms with Crippen LogP contribution in [-0.2, 0) is 12.4 Å². The fourth-order valence-corrected chi connectivity index (χ4v) is 7.66. The molecule has 0 aliphatic rings. The van der Waals surface area contributed by atoms with Gasteiger partial charge in [-0.3, -0.25) is 0 Å². The van der Waals surface area contributed by atoms with E-state index in [-0.39, 0.29) is 0 Å². The smallest absolute Gasteiger partial charge is 0.308 e. The van der Waals surface area contributed by atoms with Crippen LogP contribution in [0.15, 0.2) is 164 Å². The Morgan fingerprint density at radius 1 is 0.407 bits per heavy atom. The van der Waals surface area contributed by atoms with Crippen LogP contribution in [0.5, 0.6) is 0 Å². The minimum atomic E-state index is -4.58. The number of alkyl halides is 6. The van der Waals surface area contributed by atoms with Crippen LogP contribution >= 0.6 is 0 Å². The zero-order valence-electron chi connectivity index (χ0n) is 31.7. The van der Waals surface area contributed by atoms with Gasteiger partial charge in [0, 0.05) is 38.6 Å². The SMILES string of the molecule is Cc1ccc(-c2cc(-c3cc(-c4ccccc4)nc(-c4ccccc4)n3)cc(-c3ccc(C(F)(F)F)cc3)c2-n2c3ccc(C)cc3c3cc(C(F)(F)F)ccc32)cc1. The lowest BCUT2D eigenvalue weighted by Gasteiger charge is -2.22. The monoisotopic (exact) mass is 789 g/mol. The lowest BCUT2D eigenvalue weighted by molar-refractivity contribution is -0.138. The van der Waals surface area contributed by atoms with E-state index in [9.17, 15) is 26.3 Å². The van der Waals surface area contributed by atoms with Crippen LogP contribution in [0, 0.1) is 13.8 Å². The predicted molar refractivity (Wildman–Crippen MR) is 223 cm³/mol. The molecule has 0 fully saturated rings. The average Bonchev–Trinajstić information content (AvgIpc) is 3.55. The summed E-state index contributed by atoms with van der Waals surface area (Å²) < 4.78 is 86.6. The second-order valence-electron chi connectivity index (χ2n) is 14.6. The highest BCUT2D eigenvalue weighted by atomic mass is 19.4. The minimum absolute atomic E-state index is 0.395. The summed E-state index contributed by atoms with van der Waals surface area (Å²) in [6.07, 6.45) is -9.15. The largest absolute Gasteiger partial charge is 0.416 e. The van der Waals surface area contributed by atoms with Gasteiger partial charge in [0.1, 0.15) is 0 Å². The number of nitrogens with zero attached hydrogens (tertiary/aromatic N) is 3. The summed E-state index contributed by atoms with van der Waals surface area (Å²) in [7, 11) is 0. The molecule has 9 heteroatoms. The molecule has 0 aliphatic heterocycles. The predicted octanol–water partition coefficient (Wildman–Crippen LogP) is 14.6. The quantitative estimate of drug-likeness (QED) is 0.157. The third-order valence-corrected chi connectivity index (χ3v) is 10.6. The Morgan fingerprint density at radius 2 is 0.881 bits per heavy atom. The molecule has 0 saturated carbocycles. The fraction of sp³-hybridized carbons (Fsp3) is 0.0800. The number of aryl methyl sites for hydroxylation is 2. The number of hydrogen-bond acceptors (Lipinski definition) is 2. The molecule has 0 radical (unpaired) electrons. The van der Waals surface area contributed by atoms with Gasteiger partial charge in [0.05, 0.1) is 39.2 Å². The van der Waals surface area contributed by atoms with Gasteiger partial charge in [0.2, 0.25) is 0 Å². The number of aromatic nitrogens is 3. The van der Waals surface area contributed by atoms with Crippen molar-refractivity contribution in [2.45, 2.75) is 26.2 Å². The van der Waals surface area contributed by atoms with Gasteiger partial charge in [-0.15, -0.1) is 0 Å². The third-order valence-electron chi connectivity index (χ3n) is 10.6. The maximum atomic E-state index is 14.2. The second-order valence-corrected chi connectivity index (χ2v) is 14.6. The van der Waals surface area contributed by atoms with Crippen molar-refractivity contribution in [3.05, 3.63) is 186 Å². The topological polar surface area (TPSA) is 30.7 Å². The fourth-order valence-electron chi connectivity index (χ4n) is 7.66. The highest BCUT2D eigenvalue weighted by Crippen LogP contribution is 2.46. The molecule has 9 aromatic rings. The van der Waals surface area contributed by atoms with Gasteiger partial charge in [-0.1, -0.05) is 114 Å². The molecule has 7 aromatic carbocycles. The van der Waals surface area contributed by atoms with Gasteiger partial charge in [0.25, 0.3) is 0 Å². The number of fused-ring (bicyclic) bond motifs is 3. The van der Waals surface area contributed by atoms with Crippen molar-refractivity contribution in [2.75, 3.05) is 0 Å². The molecule has 59 heavy (non-hydrogen) atoms. The van der Waals surface area contributed by atoms with Crippen molar-refractivity contribution in [3.63, 3.8) is 0 Å². The third kappa shape index (κ3) is 7.14. The summed E-state index contributed by atoms with van der Waals surface area (Å²) in [6, 6.07) is 47.3. The molecule has 290 valence electrons. The second kappa shape index (κ2) is 14.4. The van der Waals surface area contributed by atoms with E-state index in [1.54, 1.807) is 0 Å². The standard InChI is InChI=1S/C50H33F6N3/c1-30-13-16-32(17-14-30)39-26-36(44-29-43(34-9-5-3-6-10-34)57-48(58-44)35-11-7-4-8-12-35)27-40(33-18-20-37(21-19-33)49(51,52)53)47(39)59-45-23-15-31(2)25-41(45)42-28-38(50(54,55)56)22-24-46(42)59/h3-29H,1-2H3. The molecule has 0 bridgehead atoms. The Bertz CT molecular complexity index is 2950.